The lowest BCUT2D eigenvalue weighted by atomic mass is 9.97. The number of alkyl halides is 2. The Kier molecular flexibility index (Phi) is 9.01. The van der Waals surface area contributed by atoms with Gasteiger partial charge in [-0.3, -0.25) is 4.79 Å². The summed E-state index contributed by atoms with van der Waals surface area (Å²) in [4.78, 5) is 11.7. The first-order valence-electron chi connectivity index (χ1n) is 6.14. The number of esters is 1. The van der Waals surface area contributed by atoms with Crippen LogP contribution in [0.3, 0.4) is 0 Å². The summed E-state index contributed by atoms with van der Waals surface area (Å²) in [5, 5.41) is 9.11. The zero-order valence-electron chi connectivity index (χ0n) is 10.5. The van der Waals surface area contributed by atoms with E-state index in [4.69, 9.17) is 33.0 Å². The van der Waals surface area contributed by atoms with E-state index in [0.717, 1.165) is 25.7 Å². The highest BCUT2D eigenvalue weighted by atomic mass is 35.5. The van der Waals surface area contributed by atoms with Gasteiger partial charge in [0, 0.05) is 0 Å². The van der Waals surface area contributed by atoms with Gasteiger partial charge in [0.1, 0.15) is 0 Å². The van der Waals surface area contributed by atoms with Crippen LogP contribution in [-0.2, 0) is 9.53 Å². The number of unbranched alkanes of at least 4 members (excludes halogenated alkanes) is 3. The lowest BCUT2D eigenvalue weighted by Gasteiger charge is -2.26. The van der Waals surface area contributed by atoms with Crippen molar-refractivity contribution in [2.75, 3.05) is 13.2 Å². The Morgan fingerprint density at radius 3 is 2.41 bits per heavy atom. The van der Waals surface area contributed by atoms with Crippen LogP contribution in [-0.4, -0.2) is 28.6 Å². The molecule has 1 unspecified atom stereocenters. The maximum absolute atomic E-state index is 11.7. The third-order valence-corrected chi connectivity index (χ3v) is 3.40. The first-order chi connectivity index (χ1) is 7.99. The molecule has 0 aliphatic heterocycles. The Balaban J connectivity index is 4.36. The molecule has 0 bridgehead atoms. The summed E-state index contributed by atoms with van der Waals surface area (Å²) in [6.07, 6.45) is 4.68. The molecule has 1 atom stereocenters. The Hall–Kier alpha value is 0.01000. The van der Waals surface area contributed by atoms with Crippen LogP contribution < -0.4 is 0 Å². The van der Waals surface area contributed by atoms with Gasteiger partial charge >= 0.3 is 5.97 Å². The molecule has 0 fully saturated rings. The fourth-order valence-corrected chi connectivity index (χ4v) is 2.03. The molecule has 17 heavy (non-hydrogen) atoms. The summed E-state index contributed by atoms with van der Waals surface area (Å²) in [6.45, 7) is 3.69. The number of ether oxygens (including phenoxy) is 1. The fourth-order valence-electron chi connectivity index (χ4n) is 1.63. The maximum atomic E-state index is 11.7. The van der Waals surface area contributed by atoms with Gasteiger partial charge in [-0.25, -0.2) is 0 Å². The van der Waals surface area contributed by atoms with Crippen LogP contribution in [0.4, 0.5) is 0 Å². The fraction of sp³-hybridized carbons (Fsp3) is 0.917. The van der Waals surface area contributed by atoms with Gasteiger partial charge in [0.25, 0.3) is 0 Å². The SMILES string of the molecule is CCCCCCC(C(=O)OCC)C(Cl)(Cl)CO. The number of rotatable bonds is 9. The van der Waals surface area contributed by atoms with Crippen molar-refractivity contribution in [1.29, 1.82) is 0 Å². The van der Waals surface area contributed by atoms with E-state index >= 15 is 0 Å². The average molecular weight is 285 g/mol. The molecule has 3 nitrogen and oxygen atoms in total. The van der Waals surface area contributed by atoms with Gasteiger partial charge in [0.05, 0.1) is 19.1 Å². The molecule has 102 valence electrons. The number of aliphatic hydroxyl groups is 1. The summed E-state index contributed by atoms with van der Waals surface area (Å²) in [7, 11) is 0. The minimum atomic E-state index is -1.45. The molecule has 0 aromatic carbocycles. The smallest absolute Gasteiger partial charge is 0.312 e. The molecule has 0 amide bonds. The third kappa shape index (κ3) is 6.49. The normalized spacial score (nSPS) is 13.5. The summed E-state index contributed by atoms with van der Waals surface area (Å²) in [5.74, 6) is -1.09. The summed E-state index contributed by atoms with van der Waals surface area (Å²) in [5.41, 5.74) is 0. The number of carbonyl (C=O) groups is 1. The van der Waals surface area contributed by atoms with E-state index in [-0.39, 0.29) is 0 Å². The average Bonchev–Trinajstić information content (AvgIpc) is 2.29. The largest absolute Gasteiger partial charge is 0.466 e. The predicted octanol–water partition coefficient (Wildman–Crippen LogP) is 3.30. The van der Waals surface area contributed by atoms with Gasteiger partial charge in [-0.05, 0) is 13.3 Å². The maximum Gasteiger partial charge on any atom is 0.312 e. The molecule has 0 rings (SSSR count). The van der Waals surface area contributed by atoms with E-state index < -0.39 is 22.8 Å². The summed E-state index contributed by atoms with van der Waals surface area (Å²) >= 11 is 11.9. The second-order valence-corrected chi connectivity index (χ2v) is 5.62. The molecule has 0 aliphatic rings. The van der Waals surface area contributed by atoms with E-state index in [2.05, 4.69) is 6.92 Å². The molecule has 1 N–H and O–H groups in total. The molecular formula is C12H22Cl2O3. The van der Waals surface area contributed by atoms with E-state index in [1.807, 2.05) is 0 Å². The second kappa shape index (κ2) is 9.01. The molecule has 0 spiro atoms. The van der Waals surface area contributed by atoms with Gasteiger partial charge in [-0.1, -0.05) is 55.8 Å². The van der Waals surface area contributed by atoms with Crippen molar-refractivity contribution < 1.29 is 14.6 Å². The molecular weight excluding hydrogens is 263 g/mol. The van der Waals surface area contributed by atoms with E-state index in [1.54, 1.807) is 6.92 Å². The Bertz CT molecular complexity index is 220. The number of hydrogen-bond donors (Lipinski definition) is 1. The highest BCUT2D eigenvalue weighted by Gasteiger charge is 2.40. The monoisotopic (exact) mass is 284 g/mol. The quantitative estimate of drug-likeness (QED) is 0.401. The highest BCUT2D eigenvalue weighted by molar-refractivity contribution is 6.49. The Morgan fingerprint density at radius 2 is 1.94 bits per heavy atom. The molecule has 0 aromatic rings. The first-order valence-corrected chi connectivity index (χ1v) is 6.90. The Morgan fingerprint density at radius 1 is 1.29 bits per heavy atom. The molecule has 0 aliphatic carbocycles. The van der Waals surface area contributed by atoms with E-state index in [1.165, 1.54) is 0 Å². The molecule has 0 saturated carbocycles. The van der Waals surface area contributed by atoms with Crippen LogP contribution in [0.1, 0.15) is 46.0 Å². The van der Waals surface area contributed by atoms with Gasteiger partial charge in [0.2, 0.25) is 0 Å². The van der Waals surface area contributed by atoms with Crippen LogP contribution >= 0.6 is 23.2 Å². The second-order valence-electron chi connectivity index (χ2n) is 4.07. The van der Waals surface area contributed by atoms with Gasteiger partial charge in [-0.2, -0.15) is 0 Å². The standard InChI is InChI=1S/C12H22Cl2O3/c1-3-5-6-7-8-10(11(16)17-4-2)12(13,14)9-15/h10,15H,3-9H2,1-2H3. The van der Waals surface area contributed by atoms with Crippen molar-refractivity contribution in [3.05, 3.63) is 0 Å². The number of carbonyl (C=O) groups excluding carboxylic acids is 1. The van der Waals surface area contributed by atoms with Crippen LogP contribution in [0.5, 0.6) is 0 Å². The van der Waals surface area contributed by atoms with Crippen molar-refractivity contribution in [3.63, 3.8) is 0 Å². The van der Waals surface area contributed by atoms with Gasteiger partial charge < -0.3 is 9.84 Å². The zero-order valence-corrected chi connectivity index (χ0v) is 12.1. The van der Waals surface area contributed by atoms with Crippen LogP contribution in [0.15, 0.2) is 0 Å². The minimum absolute atomic E-state index is 0.291. The van der Waals surface area contributed by atoms with Crippen LogP contribution in [0, 0.1) is 5.92 Å². The molecule has 0 radical (unpaired) electrons. The van der Waals surface area contributed by atoms with E-state index in [9.17, 15) is 4.79 Å². The molecule has 5 heteroatoms. The number of halogens is 2. The zero-order chi connectivity index (χ0) is 13.3. The summed E-state index contributed by atoms with van der Waals surface area (Å²) < 4.78 is 3.48. The van der Waals surface area contributed by atoms with Gasteiger partial charge in [-0.15, -0.1) is 0 Å². The topological polar surface area (TPSA) is 46.5 Å². The first kappa shape index (κ1) is 17.0. The number of aliphatic hydroxyl groups excluding tert-OH is 1. The van der Waals surface area contributed by atoms with Crippen LogP contribution in [0.25, 0.3) is 0 Å². The highest BCUT2D eigenvalue weighted by Crippen LogP contribution is 2.34. The Labute approximate surface area is 113 Å². The van der Waals surface area contributed by atoms with Gasteiger partial charge in [0.15, 0.2) is 4.33 Å². The lowest BCUT2D eigenvalue weighted by molar-refractivity contribution is -0.149. The van der Waals surface area contributed by atoms with Crippen molar-refractivity contribution in [2.24, 2.45) is 5.92 Å². The number of hydrogen-bond acceptors (Lipinski definition) is 3. The van der Waals surface area contributed by atoms with Crippen molar-refractivity contribution in [2.45, 2.75) is 50.3 Å². The van der Waals surface area contributed by atoms with Crippen molar-refractivity contribution >= 4 is 29.2 Å². The predicted molar refractivity (Wildman–Crippen MR) is 70.4 cm³/mol. The van der Waals surface area contributed by atoms with E-state index in [0.29, 0.717) is 13.0 Å². The summed E-state index contributed by atoms with van der Waals surface area (Å²) in [6, 6.07) is 0. The van der Waals surface area contributed by atoms with Crippen molar-refractivity contribution in [3.8, 4) is 0 Å². The molecule has 0 saturated heterocycles. The third-order valence-electron chi connectivity index (χ3n) is 2.64. The van der Waals surface area contributed by atoms with Crippen LogP contribution in [0.2, 0.25) is 0 Å². The molecule has 0 aromatic heterocycles. The minimum Gasteiger partial charge on any atom is -0.466 e. The van der Waals surface area contributed by atoms with Crippen molar-refractivity contribution in [1.82, 2.24) is 0 Å². The lowest BCUT2D eigenvalue weighted by Crippen LogP contribution is -2.37. The molecule has 0 heterocycles.